The van der Waals surface area contributed by atoms with Gasteiger partial charge in [0.2, 0.25) is 0 Å². The molecule has 5 rings (SSSR count). The summed E-state index contributed by atoms with van der Waals surface area (Å²) in [6.07, 6.45) is 5.91. The molecular formula is C24H32N6O2S2. The highest BCUT2D eigenvalue weighted by Gasteiger charge is 2.29. The van der Waals surface area contributed by atoms with Crippen LogP contribution in [0.3, 0.4) is 0 Å². The number of hydrogen-bond donors (Lipinski definition) is 3. The number of fused-ring (bicyclic) bond motifs is 1. The molecule has 3 aromatic rings. The van der Waals surface area contributed by atoms with Crippen LogP contribution in [0.5, 0.6) is 0 Å². The minimum Gasteiger partial charge on any atom is -0.390 e. The molecule has 182 valence electrons. The summed E-state index contributed by atoms with van der Waals surface area (Å²) in [4.78, 5) is 25.6. The minimum absolute atomic E-state index is 0.0956. The molecule has 4 heterocycles. The van der Waals surface area contributed by atoms with Crippen LogP contribution in [0, 0.1) is 0 Å². The highest BCUT2D eigenvalue weighted by Crippen LogP contribution is 2.32. The molecule has 1 saturated heterocycles. The number of aromatic nitrogens is 3. The third-order valence-electron chi connectivity index (χ3n) is 6.93. The molecule has 8 nitrogen and oxygen atoms in total. The summed E-state index contributed by atoms with van der Waals surface area (Å²) < 4.78 is 5.46. The molecule has 34 heavy (non-hydrogen) atoms. The number of amides is 1. The highest BCUT2D eigenvalue weighted by atomic mass is 32.1. The summed E-state index contributed by atoms with van der Waals surface area (Å²) in [5, 5.41) is 19.1. The predicted octanol–water partition coefficient (Wildman–Crippen LogP) is 3.67. The van der Waals surface area contributed by atoms with Gasteiger partial charge in [-0.15, -0.1) is 11.3 Å². The Labute approximate surface area is 208 Å². The number of thiophene rings is 1. The first-order valence-corrected chi connectivity index (χ1v) is 13.7. The molecule has 0 aromatic carbocycles. The average Bonchev–Trinajstić information content (AvgIpc) is 3.47. The number of anilines is 1. The van der Waals surface area contributed by atoms with Crippen molar-refractivity contribution in [2.75, 3.05) is 25.5 Å². The predicted molar refractivity (Wildman–Crippen MR) is 137 cm³/mol. The Morgan fingerprint density at radius 1 is 1.21 bits per heavy atom. The van der Waals surface area contributed by atoms with Crippen LogP contribution in [0.15, 0.2) is 17.5 Å². The number of rotatable bonds is 6. The van der Waals surface area contributed by atoms with Crippen LogP contribution in [0.25, 0.3) is 10.2 Å². The van der Waals surface area contributed by atoms with Crippen molar-refractivity contribution in [3.63, 3.8) is 0 Å². The first-order chi connectivity index (χ1) is 16.3. The molecule has 3 N–H and O–H groups in total. The zero-order valence-corrected chi connectivity index (χ0v) is 21.3. The average molecular weight is 501 g/mol. The van der Waals surface area contributed by atoms with E-state index in [0.717, 1.165) is 78.4 Å². The van der Waals surface area contributed by atoms with Crippen molar-refractivity contribution in [2.24, 2.45) is 0 Å². The molecule has 1 amide bonds. The maximum absolute atomic E-state index is 12.7. The van der Waals surface area contributed by atoms with Crippen LogP contribution in [0.1, 0.15) is 66.6 Å². The van der Waals surface area contributed by atoms with Crippen LogP contribution in [0.4, 0.5) is 5.82 Å². The molecule has 0 unspecified atom stereocenters. The van der Waals surface area contributed by atoms with Crippen LogP contribution >= 0.6 is 22.9 Å². The molecule has 2 fully saturated rings. The molecule has 0 atom stereocenters. The zero-order valence-electron chi connectivity index (χ0n) is 19.7. The fourth-order valence-corrected chi connectivity index (χ4v) is 6.23. The Bertz CT molecular complexity index is 1140. The van der Waals surface area contributed by atoms with Crippen LogP contribution in [-0.2, 0) is 6.42 Å². The number of nitrogens with zero attached hydrogens (tertiary/aromatic N) is 4. The van der Waals surface area contributed by atoms with Gasteiger partial charge in [-0.05, 0) is 94.6 Å². The number of aliphatic hydroxyl groups is 1. The van der Waals surface area contributed by atoms with E-state index in [-0.39, 0.29) is 11.9 Å². The van der Waals surface area contributed by atoms with E-state index in [0.29, 0.717) is 18.2 Å². The maximum atomic E-state index is 12.7. The molecule has 1 aliphatic heterocycles. The van der Waals surface area contributed by atoms with Crippen molar-refractivity contribution >= 4 is 44.8 Å². The molecular weight excluding hydrogens is 468 g/mol. The van der Waals surface area contributed by atoms with E-state index in [2.05, 4.69) is 27.0 Å². The first-order valence-electron chi connectivity index (χ1n) is 12.0. The summed E-state index contributed by atoms with van der Waals surface area (Å²) in [6, 6.07) is 4.41. The first kappa shape index (κ1) is 23.6. The largest absolute Gasteiger partial charge is 0.390 e. The van der Waals surface area contributed by atoms with E-state index in [1.165, 1.54) is 11.5 Å². The second-order valence-electron chi connectivity index (χ2n) is 9.95. The molecule has 1 aliphatic carbocycles. The van der Waals surface area contributed by atoms with E-state index in [1.54, 1.807) is 11.3 Å². The third kappa shape index (κ3) is 5.56. The van der Waals surface area contributed by atoms with Crippen molar-refractivity contribution < 1.29 is 9.90 Å². The van der Waals surface area contributed by atoms with E-state index in [1.807, 2.05) is 24.4 Å². The Morgan fingerprint density at radius 2 is 1.97 bits per heavy atom. The Hall–Kier alpha value is -2.14. The maximum Gasteiger partial charge on any atom is 0.271 e. The Balaban J connectivity index is 1.26. The van der Waals surface area contributed by atoms with Gasteiger partial charge in [0.1, 0.15) is 17.3 Å². The lowest BCUT2D eigenvalue weighted by molar-refractivity contribution is 0.0196. The highest BCUT2D eigenvalue weighted by molar-refractivity contribution is 7.17. The van der Waals surface area contributed by atoms with Gasteiger partial charge in [0.15, 0.2) is 0 Å². The van der Waals surface area contributed by atoms with Gasteiger partial charge in [-0.25, -0.2) is 9.97 Å². The monoisotopic (exact) mass is 500 g/mol. The minimum atomic E-state index is -0.559. The van der Waals surface area contributed by atoms with Crippen molar-refractivity contribution in [2.45, 2.75) is 69.6 Å². The lowest BCUT2D eigenvalue weighted by Crippen LogP contribution is -2.43. The fraction of sp³-hybridized carbons (Fsp3) is 0.583. The van der Waals surface area contributed by atoms with Gasteiger partial charge in [-0.3, -0.25) is 4.79 Å². The smallest absolute Gasteiger partial charge is 0.271 e. The second kappa shape index (κ2) is 9.85. The Morgan fingerprint density at radius 3 is 2.74 bits per heavy atom. The van der Waals surface area contributed by atoms with Crippen molar-refractivity contribution in [3.05, 3.63) is 33.9 Å². The lowest BCUT2D eigenvalue weighted by atomic mass is 9.84. The van der Waals surface area contributed by atoms with Gasteiger partial charge in [-0.1, -0.05) is 0 Å². The molecule has 0 spiro atoms. The SMILES string of the molecule is CN1CCC(NC(=O)c2cc(Cc3nc(NC4CCC(C)(O)CC4)c4sccc4n3)sn2)CC1. The van der Waals surface area contributed by atoms with E-state index >= 15 is 0 Å². The molecule has 3 aromatic heterocycles. The van der Waals surface area contributed by atoms with Crippen molar-refractivity contribution in [1.82, 2.24) is 24.6 Å². The van der Waals surface area contributed by atoms with Gasteiger partial charge in [0, 0.05) is 23.4 Å². The fourth-order valence-electron chi connectivity index (χ4n) is 4.74. The summed E-state index contributed by atoms with van der Waals surface area (Å²) in [6.45, 7) is 3.93. The van der Waals surface area contributed by atoms with Crippen LogP contribution < -0.4 is 10.6 Å². The lowest BCUT2D eigenvalue weighted by Gasteiger charge is -2.33. The van der Waals surface area contributed by atoms with Crippen LogP contribution in [-0.4, -0.2) is 68.1 Å². The van der Waals surface area contributed by atoms with Gasteiger partial charge >= 0.3 is 0 Å². The van der Waals surface area contributed by atoms with Crippen molar-refractivity contribution in [1.29, 1.82) is 0 Å². The number of nitrogens with one attached hydrogen (secondary N) is 2. The van der Waals surface area contributed by atoms with E-state index < -0.39 is 5.60 Å². The van der Waals surface area contributed by atoms with Crippen LogP contribution in [0.2, 0.25) is 0 Å². The third-order valence-corrected chi connectivity index (χ3v) is 8.63. The summed E-state index contributed by atoms with van der Waals surface area (Å²) in [5.41, 5.74) is 0.852. The van der Waals surface area contributed by atoms with Gasteiger partial charge in [-0.2, -0.15) is 4.37 Å². The van der Waals surface area contributed by atoms with E-state index in [9.17, 15) is 9.90 Å². The Kier molecular flexibility index (Phi) is 6.83. The normalized spacial score (nSPS) is 24.4. The topological polar surface area (TPSA) is 103 Å². The summed E-state index contributed by atoms with van der Waals surface area (Å²) >= 11 is 2.98. The molecule has 1 saturated carbocycles. The summed E-state index contributed by atoms with van der Waals surface area (Å²) in [5.74, 6) is 1.50. The second-order valence-corrected chi connectivity index (χ2v) is 11.8. The molecule has 10 heteroatoms. The zero-order chi connectivity index (χ0) is 23.7. The van der Waals surface area contributed by atoms with Gasteiger partial charge < -0.3 is 20.6 Å². The standard InChI is InChI=1S/C24H32N6O2S2/c1-24(32)8-3-15(4-9-24)25-22-21-18(7-12-33-21)27-20(28-22)14-17-13-19(29-34-17)23(31)26-16-5-10-30(2)11-6-16/h7,12-13,15-16,32H,3-6,8-11,14H2,1-2H3,(H,26,31)(H,25,27,28). The quantitative estimate of drug-likeness (QED) is 0.474. The molecule has 0 bridgehead atoms. The van der Waals surface area contributed by atoms with Gasteiger partial charge in [0.25, 0.3) is 5.91 Å². The van der Waals surface area contributed by atoms with Gasteiger partial charge in [0.05, 0.1) is 15.8 Å². The number of carbonyl (C=O) groups excluding carboxylic acids is 1. The number of carbonyl (C=O) groups is 1. The number of hydrogen-bond acceptors (Lipinski definition) is 9. The van der Waals surface area contributed by atoms with E-state index in [4.69, 9.17) is 9.97 Å². The summed E-state index contributed by atoms with van der Waals surface area (Å²) in [7, 11) is 2.11. The molecule has 2 aliphatic rings. The molecule has 0 radical (unpaired) electrons. The number of likely N-dealkylation sites (tertiary alicyclic amines) is 1. The van der Waals surface area contributed by atoms with Crippen molar-refractivity contribution in [3.8, 4) is 0 Å². The number of piperidine rings is 1.